The van der Waals surface area contributed by atoms with Crippen LogP contribution >= 0.6 is 27.3 Å². The summed E-state index contributed by atoms with van der Waals surface area (Å²) < 4.78 is 24.0. The van der Waals surface area contributed by atoms with Crippen LogP contribution in [0.15, 0.2) is 3.92 Å². The SMILES string of the molecule is CC(C)c1sc(Br)nc1C(=O)N1CCN([C@H]2CCS(=O)(=O)C2)CC1. The largest absolute Gasteiger partial charge is 0.335 e. The summed E-state index contributed by atoms with van der Waals surface area (Å²) >= 11 is 4.90. The lowest BCUT2D eigenvalue weighted by Crippen LogP contribution is -2.52. The summed E-state index contributed by atoms with van der Waals surface area (Å²) in [5.41, 5.74) is 0.554. The van der Waals surface area contributed by atoms with E-state index in [1.54, 1.807) is 0 Å². The monoisotopic (exact) mass is 435 g/mol. The van der Waals surface area contributed by atoms with Crippen molar-refractivity contribution < 1.29 is 13.2 Å². The van der Waals surface area contributed by atoms with Crippen molar-refractivity contribution in [2.24, 2.45) is 0 Å². The molecule has 0 bridgehead atoms. The zero-order chi connectivity index (χ0) is 17.5. The van der Waals surface area contributed by atoms with Gasteiger partial charge in [-0.05, 0) is 28.3 Å². The second-order valence-electron chi connectivity index (χ2n) is 6.72. The van der Waals surface area contributed by atoms with Crippen LogP contribution in [0, 0.1) is 0 Å². The van der Waals surface area contributed by atoms with Crippen LogP contribution in [-0.2, 0) is 9.84 Å². The van der Waals surface area contributed by atoms with Gasteiger partial charge in [-0.3, -0.25) is 9.69 Å². The lowest BCUT2D eigenvalue weighted by Gasteiger charge is -2.37. The van der Waals surface area contributed by atoms with E-state index in [0.717, 1.165) is 21.9 Å². The van der Waals surface area contributed by atoms with E-state index in [4.69, 9.17) is 0 Å². The fourth-order valence-electron chi connectivity index (χ4n) is 3.35. The first-order valence-corrected chi connectivity index (χ1v) is 11.6. The number of carbonyl (C=O) groups is 1. The van der Waals surface area contributed by atoms with E-state index in [1.165, 1.54) is 11.3 Å². The van der Waals surface area contributed by atoms with Crippen molar-refractivity contribution in [3.8, 4) is 0 Å². The molecule has 6 nitrogen and oxygen atoms in total. The third kappa shape index (κ3) is 3.84. The molecule has 0 radical (unpaired) electrons. The molecule has 0 aliphatic carbocycles. The summed E-state index contributed by atoms with van der Waals surface area (Å²) in [6, 6.07) is 0.117. The minimum atomic E-state index is -2.87. The summed E-state index contributed by atoms with van der Waals surface area (Å²) in [4.78, 5) is 22.2. The van der Waals surface area contributed by atoms with Crippen molar-refractivity contribution >= 4 is 43.0 Å². The van der Waals surface area contributed by atoms with E-state index in [-0.39, 0.29) is 23.6 Å². The van der Waals surface area contributed by atoms with E-state index in [0.29, 0.717) is 31.0 Å². The van der Waals surface area contributed by atoms with Gasteiger partial charge in [-0.15, -0.1) is 11.3 Å². The lowest BCUT2D eigenvalue weighted by atomic mass is 10.1. The number of nitrogens with zero attached hydrogens (tertiary/aromatic N) is 3. The Bertz CT molecular complexity index is 724. The first-order valence-electron chi connectivity index (χ1n) is 8.17. The summed E-state index contributed by atoms with van der Waals surface area (Å²) in [7, 11) is -2.87. The molecule has 1 amide bonds. The number of halogens is 1. The molecule has 134 valence electrons. The molecule has 0 spiro atoms. The molecule has 2 aliphatic heterocycles. The van der Waals surface area contributed by atoms with Crippen molar-refractivity contribution in [2.45, 2.75) is 32.2 Å². The Balaban J connectivity index is 1.64. The van der Waals surface area contributed by atoms with Gasteiger partial charge in [-0.1, -0.05) is 13.8 Å². The molecule has 1 aromatic heterocycles. The van der Waals surface area contributed by atoms with Crippen LogP contribution in [0.25, 0.3) is 0 Å². The highest BCUT2D eigenvalue weighted by molar-refractivity contribution is 9.11. The number of sulfone groups is 1. The Hall–Kier alpha value is -0.510. The van der Waals surface area contributed by atoms with E-state index < -0.39 is 9.84 Å². The quantitative estimate of drug-likeness (QED) is 0.725. The standard InChI is InChI=1S/C15H22BrN3O3S2/c1-10(2)13-12(17-15(16)23-13)14(20)19-6-4-18(5-7-19)11-3-8-24(21,22)9-11/h10-11H,3-9H2,1-2H3/t11-/m0/s1. The van der Waals surface area contributed by atoms with Crippen LogP contribution in [0.5, 0.6) is 0 Å². The molecule has 24 heavy (non-hydrogen) atoms. The zero-order valence-corrected chi connectivity index (χ0v) is 17.1. The first-order chi connectivity index (χ1) is 11.3. The summed E-state index contributed by atoms with van der Waals surface area (Å²) in [5, 5.41) is 0. The van der Waals surface area contributed by atoms with Crippen molar-refractivity contribution in [1.29, 1.82) is 0 Å². The van der Waals surface area contributed by atoms with Gasteiger partial charge < -0.3 is 4.90 Å². The van der Waals surface area contributed by atoms with E-state index in [2.05, 4.69) is 39.7 Å². The summed E-state index contributed by atoms with van der Waals surface area (Å²) in [6.07, 6.45) is 0.715. The Morgan fingerprint density at radius 1 is 1.29 bits per heavy atom. The highest BCUT2D eigenvalue weighted by atomic mass is 79.9. The predicted molar refractivity (Wildman–Crippen MR) is 98.4 cm³/mol. The molecule has 0 unspecified atom stereocenters. The highest BCUT2D eigenvalue weighted by Crippen LogP contribution is 2.31. The molecule has 0 saturated carbocycles. The third-order valence-corrected chi connectivity index (χ3v) is 8.24. The van der Waals surface area contributed by atoms with Crippen molar-refractivity contribution in [3.63, 3.8) is 0 Å². The minimum Gasteiger partial charge on any atom is -0.335 e. The number of thiazole rings is 1. The Kier molecular flexibility index (Phi) is 5.34. The maximum Gasteiger partial charge on any atom is 0.273 e. The number of piperazine rings is 1. The molecule has 2 aliphatic rings. The smallest absolute Gasteiger partial charge is 0.273 e. The molecular weight excluding hydrogens is 414 g/mol. The van der Waals surface area contributed by atoms with Gasteiger partial charge in [0.25, 0.3) is 5.91 Å². The fraction of sp³-hybridized carbons (Fsp3) is 0.733. The minimum absolute atomic E-state index is 0.0145. The first kappa shape index (κ1) is 18.3. The van der Waals surface area contributed by atoms with Crippen LogP contribution in [0.2, 0.25) is 0 Å². The van der Waals surface area contributed by atoms with Gasteiger partial charge in [0.2, 0.25) is 0 Å². The van der Waals surface area contributed by atoms with Crippen LogP contribution in [-0.4, -0.2) is 72.8 Å². The maximum absolute atomic E-state index is 12.8. The molecule has 0 aromatic carbocycles. The third-order valence-electron chi connectivity index (χ3n) is 4.68. The summed E-state index contributed by atoms with van der Waals surface area (Å²) in [5.74, 6) is 0.802. The number of aromatic nitrogens is 1. The van der Waals surface area contributed by atoms with Gasteiger partial charge >= 0.3 is 0 Å². The van der Waals surface area contributed by atoms with Gasteiger partial charge in [0.05, 0.1) is 11.5 Å². The van der Waals surface area contributed by atoms with Crippen LogP contribution in [0.4, 0.5) is 0 Å². The predicted octanol–water partition coefficient (Wildman–Crippen LogP) is 1.97. The number of hydrogen-bond donors (Lipinski definition) is 0. The van der Waals surface area contributed by atoms with Crippen LogP contribution in [0.3, 0.4) is 0 Å². The molecule has 1 aromatic rings. The Morgan fingerprint density at radius 2 is 1.96 bits per heavy atom. The molecule has 2 fully saturated rings. The van der Waals surface area contributed by atoms with Gasteiger partial charge in [0, 0.05) is 37.1 Å². The van der Waals surface area contributed by atoms with Gasteiger partial charge in [0.1, 0.15) is 5.69 Å². The fourth-order valence-corrected chi connectivity index (χ4v) is 6.60. The Morgan fingerprint density at radius 3 is 2.50 bits per heavy atom. The number of carbonyl (C=O) groups excluding carboxylic acids is 1. The van der Waals surface area contributed by atoms with Crippen molar-refractivity contribution in [2.75, 3.05) is 37.7 Å². The zero-order valence-electron chi connectivity index (χ0n) is 13.9. The van der Waals surface area contributed by atoms with Crippen LogP contribution < -0.4 is 0 Å². The average molecular weight is 436 g/mol. The molecule has 2 saturated heterocycles. The van der Waals surface area contributed by atoms with Gasteiger partial charge in [-0.2, -0.15) is 0 Å². The van der Waals surface area contributed by atoms with E-state index in [1.807, 2.05) is 4.90 Å². The number of rotatable bonds is 3. The molecule has 3 rings (SSSR count). The van der Waals surface area contributed by atoms with E-state index in [9.17, 15) is 13.2 Å². The van der Waals surface area contributed by atoms with Gasteiger partial charge in [-0.25, -0.2) is 13.4 Å². The maximum atomic E-state index is 12.8. The summed E-state index contributed by atoms with van der Waals surface area (Å²) in [6.45, 7) is 6.84. The normalized spacial score (nSPS) is 24.7. The molecular formula is C15H22BrN3O3S2. The van der Waals surface area contributed by atoms with E-state index >= 15 is 0 Å². The van der Waals surface area contributed by atoms with Crippen molar-refractivity contribution in [3.05, 3.63) is 14.5 Å². The molecule has 9 heteroatoms. The molecule has 1 atom stereocenters. The van der Waals surface area contributed by atoms with Crippen molar-refractivity contribution in [1.82, 2.24) is 14.8 Å². The topological polar surface area (TPSA) is 70.6 Å². The number of amides is 1. The number of hydrogen-bond acceptors (Lipinski definition) is 6. The van der Waals surface area contributed by atoms with Crippen LogP contribution in [0.1, 0.15) is 41.6 Å². The average Bonchev–Trinajstić information content (AvgIpc) is 3.09. The second-order valence-corrected chi connectivity index (χ2v) is 11.3. The molecule has 3 heterocycles. The lowest BCUT2D eigenvalue weighted by molar-refractivity contribution is 0.0581. The molecule has 0 N–H and O–H groups in total. The Labute approximate surface area is 155 Å². The second kappa shape index (κ2) is 7.01. The van der Waals surface area contributed by atoms with Gasteiger partial charge in [0.15, 0.2) is 13.8 Å². The highest BCUT2D eigenvalue weighted by Gasteiger charge is 2.35.